The van der Waals surface area contributed by atoms with Crippen LogP contribution in [0.5, 0.6) is 0 Å². The van der Waals surface area contributed by atoms with Crippen molar-refractivity contribution in [2.24, 2.45) is 0 Å². The average Bonchev–Trinajstić information content (AvgIpc) is 3.37. The number of carbonyl (C=O) groups excluding carboxylic acids is 3. The molecule has 1 aliphatic heterocycles. The Morgan fingerprint density at radius 3 is 2.46 bits per heavy atom. The second-order valence-corrected chi connectivity index (χ2v) is 9.82. The maximum absolute atomic E-state index is 13.2. The number of thioether (sulfide) groups is 1. The molecule has 3 amide bonds. The first-order valence-corrected chi connectivity index (χ1v) is 12.6. The topological polar surface area (TPSA) is 71.4 Å². The van der Waals surface area contributed by atoms with Crippen molar-refractivity contribution in [2.75, 3.05) is 0 Å². The Morgan fingerprint density at radius 2 is 1.70 bits per heavy atom. The molecule has 0 spiro atoms. The lowest BCUT2D eigenvalue weighted by Gasteiger charge is -2.15. The number of fused-ring (bicyclic) bond motifs is 1. The van der Waals surface area contributed by atoms with Gasteiger partial charge in [0.25, 0.3) is 11.1 Å². The molecule has 6 nitrogen and oxygen atoms in total. The highest BCUT2D eigenvalue weighted by molar-refractivity contribution is 8.18. The van der Waals surface area contributed by atoms with Gasteiger partial charge in [-0.25, -0.2) is 4.39 Å². The molecule has 0 radical (unpaired) electrons. The molecule has 1 aliphatic rings. The standard InChI is InChI=1S/C29H24FN3O3S/c1-19(21-7-3-2-4-8-21)31-27(34)18-32-17-22(24-9-5-6-10-25(24)32)15-26-28(35)33(29(36)37-26)16-20-11-13-23(30)14-12-20/h2-15,17,19H,16,18H2,1H3,(H,31,34)/b26-15-. The molecule has 0 bridgehead atoms. The van der Waals surface area contributed by atoms with Crippen LogP contribution in [0.2, 0.25) is 0 Å². The van der Waals surface area contributed by atoms with Gasteiger partial charge in [0.05, 0.1) is 17.5 Å². The highest BCUT2D eigenvalue weighted by Crippen LogP contribution is 2.35. The summed E-state index contributed by atoms with van der Waals surface area (Å²) in [5.41, 5.74) is 3.27. The van der Waals surface area contributed by atoms with Gasteiger partial charge in [0.15, 0.2) is 0 Å². The van der Waals surface area contributed by atoms with Crippen LogP contribution in [0.1, 0.15) is 29.7 Å². The van der Waals surface area contributed by atoms with Gasteiger partial charge < -0.3 is 9.88 Å². The zero-order valence-corrected chi connectivity index (χ0v) is 20.9. The molecule has 4 aromatic rings. The van der Waals surface area contributed by atoms with E-state index < -0.39 is 5.91 Å². The third-order valence-corrected chi connectivity index (χ3v) is 7.13. The summed E-state index contributed by atoms with van der Waals surface area (Å²) >= 11 is 0.873. The summed E-state index contributed by atoms with van der Waals surface area (Å²) in [6.45, 7) is 2.12. The lowest BCUT2D eigenvalue weighted by molar-refractivity contribution is -0.123. The average molecular weight is 514 g/mol. The first kappa shape index (κ1) is 24.5. The minimum Gasteiger partial charge on any atom is -0.348 e. The number of benzene rings is 3. The maximum Gasteiger partial charge on any atom is 0.293 e. The van der Waals surface area contributed by atoms with Gasteiger partial charge in [-0.05, 0) is 54.1 Å². The molecule has 37 heavy (non-hydrogen) atoms. The van der Waals surface area contributed by atoms with Crippen molar-refractivity contribution in [3.05, 3.63) is 112 Å². The van der Waals surface area contributed by atoms with E-state index in [4.69, 9.17) is 0 Å². The predicted molar refractivity (Wildman–Crippen MR) is 143 cm³/mol. The van der Waals surface area contributed by atoms with Crippen molar-refractivity contribution >= 4 is 45.8 Å². The Labute approximate surface area is 217 Å². The predicted octanol–water partition coefficient (Wildman–Crippen LogP) is 5.89. The minimum absolute atomic E-state index is 0.0732. The van der Waals surface area contributed by atoms with Gasteiger partial charge >= 0.3 is 0 Å². The zero-order valence-electron chi connectivity index (χ0n) is 20.1. The quantitative estimate of drug-likeness (QED) is 0.313. The summed E-state index contributed by atoms with van der Waals surface area (Å²) in [4.78, 5) is 39.9. The van der Waals surface area contributed by atoms with Crippen LogP contribution >= 0.6 is 11.8 Å². The summed E-state index contributed by atoms with van der Waals surface area (Å²) in [5, 5.41) is 3.52. The summed E-state index contributed by atoms with van der Waals surface area (Å²) in [6, 6.07) is 22.9. The number of rotatable bonds is 7. The van der Waals surface area contributed by atoms with Gasteiger partial charge in [-0.2, -0.15) is 0 Å². The SMILES string of the molecule is CC(NC(=O)Cn1cc(/C=C2\SC(=O)N(Cc3ccc(F)cc3)C2=O)c2ccccc21)c1ccccc1. The fraction of sp³-hybridized carbons (Fsp3) is 0.138. The molecule has 1 aromatic heterocycles. The highest BCUT2D eigenvalue weighted by atomic mass is 32.2. The number of amides is 3. The minimum atomic E-state index is -0.398. The van der Waals surface area contributed by atoms with Gasteiger partial charge in [0, 0.05) is 22.7 Å². The molecule has 0 aliphatic carbocycles. The van der Waals surface area contributed by atoms with Crippen molar-refractivity contribution in [1.82, 2.24) is 14.8 Å². The largest absolute Gasteiger partial charge is 0.348 e. The Hall–Kier alpha value is -4.17. The summed E-state index contributed by atoms with van der Waals surface area (Å²) in [6.07, 6.45) is 3.52. The molecule has 1 saturated heterocycles. The number of nitrogens with one attached hydrogen (secondary N) is 1. The third kappa shape index (κ3) is 5.34. The van der Waals surface area contributed by atoms with Gasteiger partial charge in [0.2, 0.25) is 5.91 Å². The van der Waals surface area contributed by atoms with Crippen molar-refractivity contribution < 1.29 is 18.8 Å². The molecule has 1 unspecified atom stereocenters. The lowest BCUT2D eigenvalue weighted by atomic mass is 10.1. The summed E-state index contributed by atoms with van der Waals surface area (Å²) in [7, 11) is 0. The fourth-order valence-electron chi connectivity index (χ4n) is 4.34. The zero-order chi connectivity index (χ0) is 25.9. The van der Waals surface area contributed by atoms with Crippen molar-refractivity contribution in [2.45, 2.75) is 26.1 Å². The van der Waals surface area contributed by atoms with Crippen LogP contribution in [-0.4, -0.2) is 26.5 Å². The number of imide groups is 1. The van der Waals surface area contributed by atoms with E-state index >= 15 is 0 Å². The van der Waals surface area contributed by atoms with E-state index in [1.165, 1.54) is 12.1 Å². The van der Waals surface area contributed by atoms with E-state index in [0.717, 1.165) is 38.7 Å². The maximum atomic E-state index is 13.2. The van der Waals surface area contributed by atoms with Crippen molar-refractivity contribution in [3.8, 4) is 0 Å². The van der Waals surface area contributed by atoms with Crippen LogP contribution in [0.3, 0.4) is 0 Å². The summed E-state index contributed by atoms with van der Waals surface area (Å²) in [5.74, 6) is -0.911. The van der Waals surface area contributed by atoms with E-state index in [-0.39, 0.29) is 36.1 Å². The van der Waals surface area contributed by atoms with Crippen LogP contribution in [0.15, 0.2) is 90.0 Å². The molecule has 2 heterocycles. The van der Waals surface area contributed by atoms with Gasteiger partial charge in [-0.1, -0.05) is 60.7 Å². The van der Waals surface area contributed by atoms with Crippen LogP contribution < -0.4 is 5.32 Å². The third-order valence-electron chi connectivity index (χ3n) is 6.22. The highest BCUT2D eigenvalue weighted by Gasteiger charge is 2.35. The first-order valence-electron chi connectivity index (χ1n) is 11.8. The van der Waals surface area contributed by atoms with Crippen molar-refractivity contribution in [1.29, 1.82) is 0 Å². The van der Waals surface area contributed by atoms with Crippen LogP contribution in [-0.2, 0) is 22.7 Å². The lowest BCUT2D eigenvalue weighted by Crippen LogP contribution is -2.29. The number of hydrogen-bond acceptors (Lipinski definition) is 4. The monoisotopic (exact) mass is 513 g/mol. The van der Waals surface area contributed by atoms with E-state index in [1.807, 2.05) is 72.3 Å². The van der Waals surface area contributed by atoms with Gasteiger partial charge in [0.1, 0.15) is 12.4 Å². The number of aromatic nitrogens is 1. The van der Waals surface area contributed by atoms with Crippen LogP contribution in [0.4, 0.5) is 9.18 Å². The molecule has 1 fully saturated rings. The van der Waals surface area contributed by atoms with Gasteiger partial charge in [-0.15, -0.1) is 0 Å². The van der Waals surface area contributed by atoms with Crippen LogP contribution in [0, 0.1) is 5.82 Å². The molecular weight excluding hydrogens is 489 g/mol. The Balaban J connectivity index is 1.36. The number of halogens is 1. The molecule has 5 rings (SSSR count). The molecule has 8 heteroatoms. The normalized spacial score (nSPS) is 15.5. The molecule has 0 saturated carbocycles. The number of carbonyl (C=O) groups is 3. The molecule has 1 atom stereocenters. The van der Waals surface area contributed by atoms with E-state index in [9.17, 15) is 18.8 Å². The van der Waals surface area contributed by atoms with E-state index in [2.05, 4.69) is 5.32 Å². The second-order valence-electron chi connectivity index (χ2n) is 8.82. The Morgan fingerprint density at radius 1 is 1.00 bits per heavy atom. The number of para-hydroxylation sites is 1. The Kier molecular flexibility index (Phi) is 6.92. The van der Waals surface area contributed by atoms with Crippen molar-refractivity contribution in [3.63, 3.8) is 0 Å². The number of hydrogen-bond donors (Lipinski definition) is 1. The number of nitrogens with zero attached hydrogens (tertiary/aromatic N) is 2. The van der Waals surface area contributed by atoms with E-state index in [0.29, 0.717) is 10.5 Å². The molecule has 3 aromatic carbocycles. The van der Waals surface area contributed by atoms with Crippen LogP contribution in [0.25, 0.3) is 17.0 Å². The fourth-order valence-corrected chi connectivity index (χ4v) is 5.17. The van der Waals surface area contributed by atoms with Gasteiger partial charge in [-0.3, -0.25) is 19.3 Å². The molecule has 186 valence electrons. The summed E-state index contributed by atoms with van der Waals surface area (Å²) < 4.78 is 15.1. The molecular formula is C29H24FN3O3S. The Bertz CT molecular complexity index is 1510. The smallest absolute Gasteiger partial charge is 0.293 e. The van der Waals surface area contributed by atoms with E-state index in [1.54, 1.807) is 18.2 Å². The second kappa shape index (κ2) is 10.4. The first-order chi connectivity index (χ1) is 17.9. The molecule has 1 N–H and O–H groups in total.